The summed E-state index contributed by atoms with van der Waals surface area (Å²) in [6.45, 7) is -0.0133. The maximum Gasteiger partial charge on any atom is 0.287 e. The van der Waals surface area contributed by atoms with Gasteiger partial charge < -0.3 is 9.73 Å². The number of rotatable bonds is 3. The molecule has 0 aliphatic heterocycles. The van der Waals surface area contributed by atoms with E-state index in [9.17, 15) is 14.0 Å². The molecule has 1 amide bonds. The largest absolute Gasteiger partial charge is 0.451 e. The van der Waals surface area contributed by atoms with Crippen molar-refractivity contribution < 1.29 is 13.6 Å². The van der Waals surface area contributed by atoms with Gasteiger partial charge in [-0.25, -0.2) is 4.39 Å². The first-order chi connectivity index (χ1) is 11.0. The lowest BCUT2D eigenvalue weighted by Gasteiger charge is -2.07. The standard InChI is InChI=1S/C17H11BrFNO3/c18-11-5-6-13(19)10(7-11)9-20-17(22)16-8-14(21)12-3-1-2-4-15(12)23-16/h1-8H,9H2,(H,20,22). The zero-order chi connectivity index (χ0) is 16.4. The van der Waals surface area contributed by atoms with E-state index in [1.807, 2.05) is 0 Å². The van der Waals surface area contributed by atoms with Gasteiger partial charge in [0.25, 0.3) is 5.91 Å². The van der Waals surface area contributed by atoms with Crippen molar-refractivity contribution >= 4 is 32.8 Å². The van der Waals surface area contributed by atoms with E-state index in [0.717, 1.165) is 6.07 Å². The Kier molecular flexibility index (Phi) is 4.25. The normalized spacial score (nSPS) is 10.7. The zero-order valence-electron chi connectivity index (χ0n) is 11.8. The minimum atomic E-state index is -0.577. The lowest BCUT2D eigenvalue weighted by molar-refractivity contribution is 0.0923. The van der Waals surface area contributed by atoms with Crippen molar-refractivity contribution in [3.63, 3.8) is 0 Å². The molecule has 0 aliphatic carbocycles. The molecule has 4 nitrogen and oxygen atoms in total. The lowest BCUT2D eigenvalue weighted by Crippen LogP contribution is -2.24. The molecule has 2 aromatic carbocycles. The van der Waals surface area contributed by atoms with Crippen LogP contribution in [-0.2, 0) is 6.54 Å². The van der Waals surface area contributed by atoms with Gasteiger partial charge in [0.2, 0.25) is 0 Å². The highest BCUT2D eigenvalue weighted by Crippen LogP contribution is 2.16. The molecular weight excluding hydrogens is 365 g/mol. The second-order valence-corrected chi connectivity index (χ2v) is 5.81. The first-order valence-corrected chi connectivity index (χ1v) is 7.59. The molecule has 116 valence electrons. The van der Waals surface area contributed by atoms with Crippen LogP contribution in [0.5, 0.6) is 0 Å². The average molecular weight is 376 g/mol. The number of hydrogen-bond donors (Lipinski definition) is 1. The SMILES string of the molecule is O=C(NCc1cc(Br)ccc1F)c1cc(=O)c2ccccc2o1. The van der Waals surface area contributed by atoms with Gasteiger partial charge in [0.1, 0.15) is 11.4 Å². The Morgan fingerprint density at radius 2 is 1.96 bits per heavy atom. The van der Waals surface area contributed by atoms with Crippen molar-refractivity contribution in [3.05, 3.63) is 80.4 Å². The number of amides is 1. The molecule has 3 aromatic rings. The molecule has 23 heavy (non-hydrogen) atoms. The Hall–Kier alpha value is -2.47. The summed E-state index contributed by atoms with van der Waals surface area (Å²) in [7, 11) is 0. The molecule has 0 unspecified atom stereocenters. The van der Waals surface area contributed by atoms with E-state index in [1.165, 1.54) is 6.07 Å². The summed E-state index contributed by atoms with van der Waals surface area (Å²) in [4.78, 5) is 24.1. The maximum absolute atomic E-state index is 13.6. The summed E-state index contributed by atoms with van der Waals surface area (Å²) in [5.74, 6) is -1.11. The summed E-state index contributed by atoms with van der Waals surface area (Å²) in [6, 6.07) is 12.3. The smallest absolute Gasteiger partial charge is 0.287 e. The number of fused-ring (bicyclic) bond motifs is 1. The molecule has 0 fully saturated rings. The van der Waals surface area contributed by atoms with Crippen LogP contribution >= 0.6 is 15.9 Å². The molecular formula is C17H11BrFNO3. The van der Waals surface area contributed by atoms with Gasteiger partial charge in [-0.1, -0.05) is 28.1 Å². The van der Waals surface area contributed by atoms with Crippen LogP contribution in [0.3, 0.4) is 0 Å². The molecule has 0 saturated carbocycles. The number of carbonyl (C=O) groups is 1. The zero-order valence-corrected chi connectivity index (χ0v) is 13.4. The first kappa shape index (κ1) is 15.4. The van der Waals surface area contributed by atoms with Gasteiger partial charge in [0, 0.05) is 22.6 Å². The second-order valence-electron chi connectivity index (χ2n) is 4.89. The molecule has 0 radical (unpaired) electrons. The molecule has 1 N–H and O–H groups in total. The van der Waals surface area contributed by atoms with E-state index in [4.69, 9.17) is 4.42 Å². The summed E-state index contributed by atoms with van der Waals surface area (Å²) in [5.41, 5.74) is 0.361. The Balaban J connectivity index is 1.83. The van der Waals surface area contributed by atoms with Crippen molar-refractivity contribution in [1.82, 2.24) is 5.32 Å². The summed E-state index contributed by atoms with van der Waals surface area (Å²) in [5, 5.41) is 2.95. The fraction of sp³-hybridized carbons (Fsp3) is 0.0588. The van der Waals surface area contributed by atoms with Gasteiger partial charge in [-0.2, -0.15) is 0 Å². The molecule has 6 heteroatoms. The number of nitrogens with one attached hydrogen (secondary N) is 1. The van der Waals surface area contributed by atoms with Gasteiger partial charge in [-0.05, 0) is 30.3 Å². The first-order valence-electron chi connectivity index (χ1n) is 6.79. The predicted octanol–water partition coefficient (Wildman–Crippen LogP) is 3.62. The maximum atomic E-state index is 13.6. The molecule has 0 atom stereocenters. The Labute approximate surface area is 139 Å². The second kappa shape index (κ2) is 6.34. The van der Waals surface area contributed by atoms with E-state index in [1.54, 1.807) is 36.4 Å². The van der Waals surface area contributed by atoms with Crippen LogP contribution in [0.25, 0.3) is 11.0 Å². The third-order valence-corrected chi connectivity index (χ3v) is 3.80. The van der Waals surface area contributed by atoms with E-state index in [2.05, 4.69) is 21.2 Å². The molecule has 1 heterocycles. The lowest BCUT2D eigenvalue weighted by atomic mass is 10.2. The van der Waals surface area contributed by atoms with E-state index in [-0.39, 0.29) is 17.7 Å². The van der Waals surface area contributed by atoms with Crippen LogP contribution < -0.4 is 10.7 Å². The molecule has 1 aromatic heterocycles. The van der Waals surface area contributed by atoms with E-state index >= 15 is 0 Å². The number of para-hydroxylation sites is 1. The van der Waals surface area contributed by atoms with Crippen LogP contribution in [0.1, 0.15) is 16.1 Å². The highest BCUT2D eigenvalue weighted by atomic mass is 79.9. The van der Waals surface area contributed by atoms with Crippen LogP contribution in [-0.4, -0.2) is 5.91 Å². The van der Waals surface area contributed by atoms with Crippen LogP contribution in [0, 0.1) is 5.82 Å². The highest BCUT2D eigenvalue weighted by molar-refractivity contribution is 9.10. The molecule has 3 rings (SSSR count). The quantitative estimate of drug-likeness (QED) is 0.760. The number of carbonyl (C=O) groups excluding carboxylic acids is 1. The third-order valence-electron chi connectivity index (χ3n) is 3.31. The van der Waals surface area contributed by atoms with Crippen molar-refractivity contribution in [2.75, 3.05) is 0 Å². The summed E-state index contributed by atoms with van der Waals surface area (Å²) in [6.07, 6.45) is 0. The minimum absolute atomic E-state index is 0.0133. The molecule has 0 spiro atoms. The van der Waals surface area contributed by atoms with Gasteiger partial charge in [0.05, 0.1) is 5.39 Å². The summed E-state index contributed by atoms with van der Waals surface area (Å²) >= 11 is 3.25. The van der Waals surface area contributed by atoms with Crippen LogP contribution in [0.2, 0.25) is 0 Å². The van der Waals surface area contributed by atoms with E-state index < -0.39 is 11.7 Å². The van der Waals surface area contributed by atoms with Crippen molar-refractivity contribution in [2.45, 2.75) is 6.54 Å². The minimum Gasteiger partial charge on any atom is -0.451 e. The monoisotopic (exact) mass is 375 g/mol. The predicted molar refractivity (Wildman–Crippen MR) is 87.8 cm³/mol. The fourth-order valence-corrected chi connectivity index (χ4v) is 2.57. The molecule has 0 bridgehead atoms. The Morgan fingerprint density at radius 3 is 2.78 bits per heavy atom. The number of hydrogen-bond acceptors (Lipinski definition) is 3. The van der Waals surface area contributed by atoms with Gasteiger partial charge in [-0.15, -0.1) is 0 Å². The summed E-state index contributed by atoms with van der Waals surface area (Å²) < 4.78 is 19.8. The van der Waals surface area contributed by atoms with Crippen LogP contribution in [0.15, 0.2) is 62.2 Å². The Bertz CT molecular complexity index is 952. The van der Waals surface area contributed by atoms with Gasteiger partial charge in [0.15, 0.2) is 11.2 Å². The third kappa shape index (κ3) is 3.32. The van der Waals surface area contributed by atoms with E-state index in [0.29, 0.717) is 21.0 Å². The fourth-order valence-electron chi connectivity index (χ4n) is 2.16. The highest BCUT2D eigenvalue weighted by Gasteiger charge is 2.13. The van der Waals surface area contributed by atoms with Crippen molar-refractivity contribution in [2.24, 2.45) is 0 Å². The van der Waals surface area contributed by atoms with Gasteiger partial charge >= 0.3 is 0 Å². The molecule has 0 aliphatic rings. The number of benzene rings is 2. The molecule has 0 saturated heterocycles. The topological polar surface area (TPSA) is 59.3 Å². The van der Waals surface area contributed by atoms with Crippen molar-refractivity contribution in [3.8, 4) is 0 Å². The average Bonchev–Trinajstić information content (AvgIpc) is 2.55. The Morgan fingerprint density at radius 1 is 1.17 bits per heavy atom. The van der Waals surface area contributed by atoms with Crippen LogP contribution in [0.4, 0.5) is 4.39 Å². The van der Waals surface area contributed by atoms with Crippen molar-refractivity contribution in [1.29, 1.82) is 0 Å². The van der Waals surface area contributed by atoms with Gasteiger partial charge in [-0.3, -0.25) is 9.59 Å². The number of halogens is 2.